The van der Waals surface area contributed by atoms with Gasteiger partial charge in [0, 0.05) is 7.26 Å². The highest BCUT2D eigenvalue weighted by Crippen LogP contribution is 2.57. The largest absolute Gasteiger partial charge is 1.00 e. The Bertz CT molecular complexity index is 65.5. The van der Waals surface area contributed by atoms with Gasteiger partial charge in [0.05, 0.1) is 24.6 Å². The average Bonchev–Trinajstić information content (AvgIpc) is 1.95. The van der Waals surface area contributed by atoms with Crippen LogP contribution in [0.5, 0.6) is 0 Å². The summed E-state index contributed by atoms with van der Waals surface area (Å²) in [5, 5.41) is 0. The van der Waals surface area contributed by atoms with Crippen molar-refractivity contribution in [2.45, 2.75) is 27.7 Å². The van der Waals surface area contributed by atoms with Gasteiger partial charge < -0.3 is 14.1 Å². The van der Waals surface area contributed by atoms with Crippen LogP contribution in [0.3, 0.4) is 0 Å². The molecule has 0 rings (SSSR count). The monoisotopic (exact) mass is 206 g/mol. The molecular formula is C8H22F3P. The molecule has 4 heteroatoms. The van der Waals surface area contributed by atoms with Gasteiger partial charge >= 0.3 is 2.85 Å². The van der Waals surface area contributed by atoms with Crippen LogP contribution in [-0.2, 0) is 0 Å². The molecule has 0 radical (unpaired) electrons. The molecule has 0 aromatic carbocycles. The summed E-state index contributed by atoms with van der Waals surface area (Å²) in [7, 11) is -0.420. The van der Waals surface area contributed by atoms with E-state index in [1.807, 2.05) is 0 Å². The lowest BCUT2D eigenvalue weighted by molar-refractivity contribution is -0.001000. The summed E-state index contributed by atoms with van der Waals surface area (Å²) in [4.78, 5) is 0. The minimum Gasteiger partial charge on any atom is -1.00 e. The summed E-state index contributed by atoms with van der Waals surface area (Å²) in [5.41, 5.74) is 0. The molecule has 0 aromatic rings. The summed E-state index contributed by atoms with van der Waals surface area (Å²) in [6.45, 7) is 9.41. The van der Waals surface area contributed by atoms with E-state index in [4.69, 9.17) is 0 Å². The topological polar surface area (TPSA) is 0 Å². The van der Waals surface area contributed by atoms with Crippen LogP contribution in [0.15, 0.2) is 0 Å². The fourth-order valence-electron chi connectivity index (χ4n) is 1.34. The van der Waals surface area contributed by atoms with Crippen LogP contribution < -0.4 is 14.1 Å². The van der Waals surface area contributed by atoms with E-state index >= 15 is 0 Å². The molecule has 0 fully saturated rings. The first-order chi connectivity index (χ1) is 4.24. The first-order valence-corrected chi connectivity index (χ1v) is 6.62. The molecule has 0 saturated carbocycles. The Kier molecular flexibility index (Phi) is 21.3. The zero-order chi connectivity index (χ0) is 7.33. The van der Waals surface area contributed by atoms with Gasteiger partial charge in [-0.05, 0) is 27.7 Å². The van der Waals surface area contributed by atoms with Crippen molar-refractivity contribution in [3.63, 3.8) is 0 Å². The van der Waals surface area contributed by atoms with Gasteiger partial charge in [-0.25, -0.2) is 0 Å². The van der Waals surface area contributed by atoms with Crippen molar-refractivity contribution in [1.82, 2.24) is 0 Å². The van der Waals surface area contributed by atoms with Gasteiger partial charge in [-0.1, -0.05) is 0 Å². The van der Waals surface area contributed by atoms with Crippen LogP contribution in [0.25, 0.3) is 0 Å². The number of rotatable bonds is 4. The molecule has 0 aliphatic carbocycles. The van der Waals surface area contributed by atoms with E-state index < -0.39 is 7.26 Å². The van der Waals surface area contributed by atoms with E-state index in [9.17, 15) is 0 Å². The highest BCUT2D eigenvalue weighted by atomic mass is 31.2. The second-order valence-electron chi connectivity index (χ2n) is 2.61. The Balaban J connectivity index is -0.0000000320. The molecule has 0 spiro atoms. The van der Waals surface area contributed by atoms with Gasteiger partial charge in [0.15, 0.2) is 0 Å². The van der Waals surface area contributed by atoms with Crippen LogP contribution in [-0.4, -0.2) is 24.6 Å². The van der Waals surface area contributed by atoms with Gasteiger partial charge in [0.25, 0.3) is 0 Å². The number of halogens is 3. The molecule has 12 heavy (non-hydrogen) atoms. The predicted octanol–water partition coefficient (Wildman–Crippen LogP) is -5.68. The third-order valence-electron chi connectivity index (χ3n) is 2.68. The van der Waals surface area contributed by atoms with Crippen molar-refractivity contribution in [3.05, 3.63) is 0 Å². The normalized spacial score (nSPS) is 9.00. The first-order valence-electron chi connectivity index (χ1n) is 4.09. The third-order valence-corrected chi connectivity index (χ3v) is 8.05. The Morgan fingerprint density at radius 2 is 0.833 bits per heavy atom. The van der Waals surface area contributed by atoms with Gasteiger partial charge in [0.1, 0.15) is 0 Å². The lowest BCUT2D eigenvalue weighted by atomic mass is 10.9. The molecule has 80 valence electrons. The fraction of sp³-hybridized carbons (Fsp3) is 1.00. The summed E-state index contributed by atoms with van der Waals surface area (Å²) in [6.07, 6.45) is 5.82. The lowest BCUT2D eigenvalue weighted by Crippen LogP contribution is -3.00. The maximum absolute atomic E-state index is 2.35. The second kappa shape index (κ2) is 11.2. The smallest absolute Gasteiger partial charge is 1.00 e. The summed E-state index contributed by atoms with van der Waals surface area (Å²) in [5.74, 6) is 0. The van der Waals surface area contributed by atoms with Crippen molar-refractivity contribution in [3.8, 4) is 0 Å². The molecule has 0 amide bonds. The number of hydrogen-bond acceptors (Lipinski definition) is 0. The highest BCUT2D eigenvalue weighted by Gasteiger charge is 2.27. The SMILES string of the molecule is CC[P+](CC)(CC)CC.[F-].[F-].[F-].[H+].[H+]. The van der Waals surface area contributed by atoms with Gasteiger partial charge in [-0.15, -0.1) is 0 Å². The average molecular weight is 206 g/mol. The highest BCUT2D eigenvalue weighted by molar-refractivity contribution is 7.75. The Morgan fingerprint density at radius 1 is 0.667 bits per heavy atom. The zero-order valence-electron chi connectivity index (χ0n) is 10.4. The van der Waals surface area contributed by atoms with E-state index in [1.54, 1.807) is 0 Å². The third kappa shape index (κ3) is 5.82. The molecule has 0 nitrogen and oxygen atoms in total. The summed E-state index contributed by atoms with van der Waals surface area (Å²) >= 11 is 0. The van der Waals surface area contributed by atoms with Crippen LogP contribution in [0.4, 0.5) is 0 Å². The van der Waals surface area contributed by atoms with Gasteiger partial charge in [0.2, 0.25) is 0 Å². The van der Waals surface area contributed by atoms with Crippen LogP contribution in [0, 0.1) is 0 Å². The predicted molar refractivity (Wildman–Crippen MR) is 51.3 cm³/mol. The Hall–Kier alpha value is 0.220. The van der Waals surface area contributed by atoms with Crippen molar-refractivity contribution in [2.75, 3.05) is 24.6 Å². The van der Waals surface area contributed by atoms with Gasteiger partial charge in [-0.2, -0.15) is 0 Å². The van der Waals surface area contributed by atoms with Crippen LogP contribution >= 0.6 is 7.26 Å². The van der Waals surface area contributed by atoms with Crippen molar-refractivity contribution in [2.24, 2.45) is 0 Å². The van der Waals surface area contributed by atoms with E-state index in [1.165, 1.54) is 24.6 Å². The molecule has 0 aromatic heterocycles. The molecule has 0 aliphatic rings. The lowest BCUT2D eigenvalue weighted by Gasteiger charge is -2.20. The fourth-order valence-corrected chi connectivity index (χ4v) is 4.02. The van der Waals surface area contributed by atoms with E-state index in [0.29, 0.717) is 0 Å². The van der Waals surface area contributed by atoms with E-state index in [0.717, 1.165) is 0 Å². The summed E-state index contributed by atoms with van der Waals surface area (Å²) < 4.78 is 0. The van der Waals surface area contributed by atoms with Crippen molar-refractivity contribution < 1.29 is 17.0 Å². The first kappa shape index (κ1) is 22.8. The Labute approximate surface area is 77.5 Å². The molecule has 0 unspecified atom stereocenters. The quantitative estimate of drug-likeness (QED) is 0.402. The van der Waals surface area contributed by atoms with E-state index in [2.05, 4.69) is 27.7 Å². The molecular weight excluding hydrogens is 184 g/mol. The number of hydrogen-bond donors (Lipinski definition) is 0. The minimum atomic E-state index is -0.420. The van der Waals surface area contributed by atoms with E-state index in [-0.39, 0.29) is 17.0 Å². The van der Waals surface area contributed by atoms with Crippen LogP contribution in [0.2, 0.25) is 0 Å². The maximum atomic E-state index is 2.35. The molecule has 0 saturated heterocycles. The molecule has 0 atom stereocenters. The summed E-state index contributed by atoms with van der Waals surface area (Å²) in [6, 6.07) is 0. The second-order valence-corrected chi connectivity index (χ2v) is 7.82. The van der Waals surface area contributed by atoms with Gasteiger partial charge in [-0.3, -0.25) is 0 Å². The zero-order valence-corrected chi connectivity index (χ0v) is 9.30. The molecule has 0 heterocycles. The minimum absolute atomic E-state index is 0. The standard InChI is InChI=1S/C8H20P.3FH/c1-5-9(6-2,7-3)8-4;;;/h5-8H2,1-4H3;3*1H/q+1;;;/p-1. The van der Waals surface area contributed by atoms with Crippen molar-refractivity contribution >= 4 is 7.26 Å². The molecule has 0 bridgehead atoms. The molecule has 0 aliphatic heterocycles. The maximum Gasteiger partial charge on any atom is 1.00 e. The van der Waals surface area contributed by atoms with Crippen molar-refractivity contribution in [1.29, 1.82) is 0 Å². The van der Waals surface area contributed by atoms with Crippen LogP contribution in [0.1, 0.15) is 30.5 Å². The Morgan fingerprint density at radius 3 is 0.833 bits per heavy atom. The molecule has 0 N–H and O–H groups in total.